The zero-order valence-corrected chi connectivity index (χ0v) is 12.3. The minimum absolute atomic E-state index is 0.0960. The summed E-state index contributed by atoms with van der Waals surface area (Å²) in [5, 5.41) is 3.93. The summed E-state index contributed by atoms with van der Waals surface area (Å²) in [7, 11) is 0. The third-order valence-electron chi connectivity index (χ3n) is 2.83. The molecule has 0 aliphatic carbocycles. The van der Waals surface area contributed by atoms with E-state index in [0.29, 0.717) is 0 Å². The van der Waals surface area contributed by atoms with Gasteiger partial charge in [-0.05, 0) is 31.2 Å². The van der Waals surface area contributed by atoms with Crippen molar-refractivity contribution in [3.05, 3.63) is 64.4 Å². The number of aromatic nitrogens is 1. The lowest BCUT2D eigenvalue weighted by Gasteiger charge is -2.12. The van der Waals surface area contributed by atoms with Gasteiger partial charge in [-0.1, -0.05) is 22.8 Å². The van der Waals surface area contributed by atoms with Gasteiger partial charge in [-0.25, -0.2) is 0 Å². The summed E-state index contributed by atoms with van der Waals surface area (Å²) in [4.78, 5) is 8.98. The number of hydrogen-bond donors (Lipinski definition) is 0. The first-order chi connectivity index (χ1) is 10.4. The van der Waals surface area contributed by atoms with Crippen molar-refractivity contribution in [3.8, 4) is 0 Å². The van der Waals surface area contributed by atoms with Gasteiger partial charge in [0.15, 0.2) is 0 Å². The second-order valence-corrected chi connectivity index (χ2v) is 4.94. The summed E-state index contributed by atoms with van der Waals surface area (Å²) in [6.07, 6.45) is -1.29. The van der Waals surface area contributed by atoms with E-state index in [9.17, 15) is 13.2 Å². The third kappa shape index (κ3) is 4.21. The molecule has 0 bridgehead atoms. The van der Waals surface area contributed by atoms with Gasteiger partial charge in [0, 0.05) is 28.5 Å². The summed E-state index contributed by atoms with van der Waals surface area (Å²) >= 11 is 5.77. The second-order valence-electron chi connectivity index (χ2n) is 4.50. The average molecular weight is 329 g/mol. The Bertz CT molecular complexity index is 672. The van der Waals surface area contributed by atoms with Gasteiger partial charge in [0.2, 0.25) is 0 Å². The molecule has 1 aromatic carbocycles. The number of benzene rings is 1. The lowest BCUT2D eigenvalue weighted by molar-refractivity contribution is -0.137. The van der Waals surface area contributed by atoms with Crippen LogP contribution in [-0.4, -0.2) is 10.7 Å². The Kier molecular flexibility index (Phi) is 5.03. The van der Waals surface area contributed by atoms with E-state index in [1.54, 1.807) is 24.5 Å². The maximum absolute atomic E-state index is 13.0. The van der Waals surface area contributed by atoms with E-state index in [-0.39, 0.29) is 22.9 Å². The molecule has 0 aliphatic rings. The molecular weight excluding hydrogens is 317 g/mol. The maximum Gasteiger partial charge on any atom is 0.417 e. The third-order valence-corrected chi connectivity index (χ3v) is 3.07. The summed E-state index contributed by atoms with van der Waals surface area (Å²) < 4.78 is 38.9. The number of nitrogens with zero attached hydrogens (tertiary/aromatic N) is 2. The molecule has 0 fully saturated rings. The van der Waals surface area contributed by atoms with Crippen LogP contribution in [0.3, 0.4) is 0 Å². The van der Waals surface area contributed by atoms with Crippen LogP contribution >= 0.6 is 11.6 Å². The first-order valence-corrected chi connectivity index (χ1v) is 6.68. The molecule has 0 aliphatic heterocycles. The van der Waals surface area contributed by atoms with E-state index in [4.69, 9.17) is 16.4 Å². The van der Waals surface area contributed by atoms with E-state index in [2.05, 4.69) is 10.1 Å². The Labute approximate surface area is 130 Å². The summed E-state index contributed by atoms with van der Waals surface area (Å²) in [6.45, 7) is 1.55. The molecule has 0 N–H and O–H groups in total. The normalized spacial score (nSPS) is 12.3. The Balaban J connectivity index is 2.19. The van der Waals surface area contributed by atoms with Gasteiger partial charge in [0.05, 0.1) is 11.3 Å². The second kappa shape index (κ2) is 6.79. The maximum atomic E-state index is 13.0. The molecule has 0 saturated heterocycles. The molecule has 3 nitrogen and oxygen atoms in total. The fourth-order valence-corrected chi connectivity index (χ4v) is 1.97. The number of hydrogen-bond acceptors (Lipinski definition) is 3. The molecule has 22 heavy (non-hydrogen) atoms. The van der Waals surface area contributed by atoms with Crippen molar-refractivity contribution in [1.29, 1.82) is 0 Å². The number of rotatable bonds is 4. The first kappa shape index (κ1) is 16.3. The number of alkyl halides is 3. The van der Waals surface area contributed by atoms with E-state index >= 15 is 0 Å². The van der Waals surface area contributed by atoms with Gasteiger partial charge in [0.25, 0.3) is 0 Å². The van der Waals surface area contributed by atoms with Crippen LogP contribution in [0.4, 0.5) is 13.2 Å². The highest BCUT2D eigenvalue weighted by molar-refractivity contribution is 6.31. The molecule has 2 rings (SSSR count). The van der Waals surface area contributed by atoms with Gasteiger partial charge in [-0.3, -0.25) is 4.98 Å². The lowest BCUT2D eigenvalue weighted by atomic mass is 10.0. The predicted molar refractivity (Wildman–Crippen MR) is 77.7 cm³/mol. The molecule has 1 heterocycles. The van der Waals surface area contributed by atoms with E-state index in [0.717, 1.165) is 11.6 Å². The molecule has 0 radical (unpaired) electrons. The lowest BCUT2D eigenvalue weighted by Crippen LogP contribution is -2.12. The van der Waals surface area contributed by atoms with Crippen molar-refractivity contribution < 1.29 is 18.0 Å². The minimum atomic E-state index is -4.49. The SMILES string of the molecule is CC(=NOCc1cccnc1)c1cc(Cl)ccc1C(F)(F)F. The topological polar surface area (TPSA) is 34.5 Å². The Morgan fingerprint density at radius 1 is 1.32 bits per heavy atom. The molecule has 1 aromatic heterocycles. The Hall–Kier alpha value is -2.08. The molecular formula is C15H12ClF3N2O. The smallest absolute Gasteiger partial charge is 0.391 e. The highest BCUT2D eigenvalue weighted by atomic mass is 35.5. The molecule has 0 amide bonds. The number of pyridine rings is 1. The van der Waals surface area contributed by atoms with Crippen molar-refractivity contribution in [3.63, 3.8) is 0 Å². The van der Waals surface area contributed by atoms with Gasteiger partial charge in [-0.15, -0.1) is 0 Å². The average Bonchev–Trinajstić information content (AvgIpc) is 2.47. The van der Waals surface area contributed by atoms with Crippen LogP contribution in [0.2, 0.25) is 5.02 Å². The standard InChI is InChI=1S/C15H12ClF3N2O/c1-10(21-22-9-11-3-2-6-20-8-11)13-7-12(16)4-5-14(13)15(17,18)19/h2-8H,9H2,1H3. The van der Waals surface area contributed by atoms with Crippen LogP contribution in [0.25, 0.3) is 0 Å². The van der Waals surface area contributed by atoms with Crippen molar-refractivity contribution >= 4 is 17.3 Å². The fraction of sp³-hybridized carbons (Fsp3) is 0.200. The summed E-state index contributed by atoms with van der Waals surface area (Å²) in [5.74, 6) is 0. The molecule has 7 heteroatoms. The largest absolute Gasteiger partial charge is 0.417 e. The van der Waals surface area contributed by atoms with Crippen molar-refractivity contribution in [1.82, 2.24) is 4.98 Å². The zero-order chi connectivity index (χ0) is 16.2. The van der Waals surface area contributed by atoms with Gasteiger partial charge in [-0.2, -0.15) is 13.2 Å². The highest BCUT2D eigenvalue weighted by Crippen LogP contribution is 2.33. The number of oxime groups is 1. The monoisotopic (exact) mass is 328 g/mol. The predicted octanol–water partition coefficient (Wildman–Crippen LogP) is 4.69. The molecule has 0 saturated carbocycles. The first-order valence-electron chi connectivity index (χ1n) is 6.30. The highest BCUT2D eigenvalue weighted by Gasteiger charge is 2.34. The molecule has 0 spiro atoms. The number of halogens is 4. The van der Waals surface area contributed by atoms with E-state index in [1.165, 1.54) is 19.1 Å². The van der Waals surface area contributed by atoms with Crippen LogP contribution in [0.5, 0.6) is 0 Å². The van der Waals surface area contributed by atoms with Crippen LogP contribution in [-0.2, 0) is 17.6 Å². The van der Waals surface area contributed by atoms with Crippen LogP contribution in [0.15, 0.2) is 47.9 Å². The van der Waals surface area contributed by atoms with Gasteiger partial charge < -0.3 is 4.84 Å². The van der Waals surface area contributed by atoms with Crippen LogP contribution in [0.1, 0.15) is 23.6 Å². The van der Waals surface area contributed by atoms with E-state index in [1.807, 2.05) is 0 Å². The summed E-state index contributed by atoms with van der Waals surface area (Å²) in [5.41, 5.74) is -0.0470. The van der Waals surface area contributed by atoms with Crippen LogP contribution in [0, 0.1) is 0 Å². The zero-order valence-electron chi connectivity index (χ0n) is 11.6. The van der Waals surface area contributed by atoms with Crippen molar-refractivity contribution in [2.45, 2.75) is 19.7 Å². The summed E-state index contributed by atoms with van der Waals surface area (Å²) in [6, 6.07) is 6.85. The van der Waals surface area contributed by atoms with Crippen molar-refractivity contribution in [2.75, 3.05) is 0 Å². The quantitative estimate of drug-likeness (QED) is 0.602. The van der Waals surface area contributed by atoms with Gasteiger partial charge in [0.1, 0.15) is 6.61 Å². The molecule has 0 unspecified atom stereocenters. The Morgan fingerprint density at radius 2 is 2.09 bits per heavy atom. The minimum Gasteiger partial charge on any atom is -0.391 e. The molecule has 2 aromatic rings. The Morgan fingerprint density at radius 3 is 2.73 bits per heavy atom. The van der Waals surface area contributed by atoms with Crippen molar-refractivity contribution in [2.24, 2.45) is 5.16 Å². The molecule has 0 atom stereocenters. The fourth-order valence-electron chi connectivity index (χ4n) is 1.80. The van der Waals surface area contributed by atoms with Crippen LogP contribution < -0.4 is 0 Å². The van der Waals surface area contributed by atoms with E-state index < -0.39 is 11.7 Å². The molecule has 116 valence electrons. The van der Waals surface area contributed by atoms with Gasteiger partial charge >= 0.3 is 6.18 Å².